The first-order chi connectivity index (χ1) is 6.75. The molecule has 0 spiro atoms. The van der Waals surface area contributed by atoms with Gasteiger partial charge in [-0.2, -0.15) is 5.10 Å². The van der Waals surface area contributed by atoms with E-state index in [9.17, 15) is 0 Å². The molecular formula is C10H8BrN3. The molecule has 0 atom stereocenters. The van der Waals surface area contributed by atoms with Gasteiger partial charge in [-0.1, -0.05) is 23.8 Å². The van der Waals surface area contributed by atoms with E-state index >= 15 is 0 Å². The van der Waals surface area contributed by atoms with Crippen LogP contribution in [0.15, 0.2) is 35.2 Å². The first-order valence-electron chi connectivity index (χ1n) is 4.18. The van der Waals surface area contributed by atoms with Gasteiger partial charge in [0.25, 0.3) is 0 Å². The quantitative estimate of drug-likeness (QED) is 0.780. The van der Waals surface area contributed by atoms with Crippen LogP contribution in [0.4, 0.5) is 0 Å². The molecule has 14 heavy (non-hydrogen) atoms. The molecule has 2 rings (SSSR count). The lowest BCUT2D eigenvalue weighted by Crippen LogP contribution is -1.90. The Labute approximate surface area is 90.3 Å². The molecule has 0 bridgehead atoms. The summed E-state index contributed by atoms with van der Waals surface area (Å²) in [6.45, 7) is 2.05. The van der Waals surface area contributed by atoms with Crippen molar-refractivity contribution in [1.82, 2.24) is 15.2 Å². The molecule has 1 aromatic carbocycles. The van der Waals surface area contributed by atoms with E-state index in [1.54, 1.807) is 6.20 Å². The number of rotatable bonds is 1. The Morgan fingerprint density at radius 3 is 2.86 bits per heavy atom. The monoisotopic (exact) mass is 249 g/mol. The van der Waals surface area contributed by atoms with E-state index in [0.717, 1.165) is 11.3 Å². The van der Waals surface area contributed by atoms with Gasteiger partial charge in [0.2, 0.25) is 4.73 Å². The van der Waals surface area contributed by atoms with Crippen LogP contribution in [0.25, 0.3) is 11.3 Å². The van der Waals surface area contributed by atoms with Crippen LogP contribution in [0.5, 0.6) is 0 Å². The Balaban J connectivity index is 2.49. The Hall–Kier alpha value is -1.29. The predicted octanol–water partition coefficient (Wildman–Crippen LogP) is 2.61. The number of benzene rings is 1. The SMILES string of the molecule is Cc1cccc(-c2cnnc(Br)n2)c1. The third kappa shape index (κ3) is 1.96. The van der Waals surface area contributed by atoms with Crippen molar-refractivity contribution in [3.63, 3.8) is 0 Å². The number of halogens is 1. The van der Waals surface area contributed by atoms with Crippen molar-refractivity contribution in [2.45, 2.75) is 6.92 Å². The summed E-state index contributed by atoms with van der Waals surface area (Å²) in [5.41, 5.74) is 3.09. The molecule has 3 nitrogen and oxygen atoms in total. The van der Waals surface area contributed by atoms with Crippen molar-refractivity contribution in [1.29, 1.82) is 0 Å². The van der Waals surface area contributed by atoms with Gasteiger partial charge < -0.3 is 0 Å². The van der Waals surface area contributed by atoms with Crippen molar-refractivity contribution in [2.24, 2.45) is 0 Å². The molecule has 0 unspecified atom stereocenters. The zero-order chi connectivity index (χ0) is 9.97. The van der Waals surface area contributed by atoms with Gasteiger partial charge in [-0.25, -0.2) is 4.98 Å². The van der Waals surface area contributed by atoms with Crippen LogP contribution < -0.4 is 0 Å². The Bertz CT molecular complexity index is 413. The first-order valence-corrected chi connectivity index (χ1v) is 4.97. The van der Waals surface area contributed by atoms with Crippen LogP contribution in [0.2, 0.25) is 0 Å². The van der Waals surface area contributed by atoms with Gasteiger partial charge in [0.05, 0.1) is 11.9 Å². The summed E-state index contributed by atoms with van der Waals surface area (Å²) in [7, 11) is 0. The Kier molecular flexibility index (Phi) is 2.54. The van der Waals surface area contributed by atoms with E-state index in [0.29, 0.717) is 4.73 Å². The molecule has 0 N–H and O–H groups in total. The lowest BCUT2D eigenvalue weighted by molar-refractivity contribution is 0.939. The van der Waals surface area contributed by atoms with E-state index in [4.69, 9.17) is 0 Å². The van der Waals surface area contributed by atoms with Crippen LogP contribution in [0, 0.1) is 6.92 Å². The molecule has 0 saturated carbocycles. The summed E-state index contributed by atoms with van der Waals surface area (Å²) < 4.78 is 0.511. The fraction of sp³-hybridized carbons (Fsp3) is 0.100. The van der Waals surface area contributed by atoms with Crippen molar-refractivity contribution in [3.8, 4) is 11.3 Å². The lowest BCUT2D eigenvalue weighted by atomic mass is 10.1. The molecule has 70 valence electrons. The zero-order valence-electron chi connectivity index (χ0n) is 7.61. The van der Waals surface area contributed by atoms with Gasteiger partial charge in [0.1, 0.15) is 0 Å². The Morgan fingerprint density at radius 1 is 1.29 bits per heavy atom. The maximum Gasteiger partial charge on any atom is 0.218 e. The van der Waals surface area contributed by atoms with Crippen molar-refractivity contribution in [2.75, 3.05) is 0 Å². The van der Waals surface area contributed by atoms with E-state index in [1.807, 2.05) is 25.1 Å². The van der Waals surface area contributed by atoms with Crippen LogP contribution in [0.1, 0.15) is 5.56 Å². The number of aromatic nitrogens is 3. The van der Waals surface area contributed by atoms with Crippen molar-refractivity contribution in [3.05, 3.63) is 40.8 Å². The van der Waals surface area contributed by atoms with Crippen molar-refractivity contribution >= 4 is 15.9 Å². The zero-order valence-corrected chi connectivity index (χ0v) is 9.19. The standard InChI is InChI=1S/C10H8BrN3/c1-7-3-2-4-8(5-7)9-6-12-14-10(11)13-9/h2-6H,1H3. The highest BCUT2D eigenvalue weighted by atomic mass is 79.9. The minimum atomic E-state index is 0.511. The average Bonchev–Trinajstić information content (AvgIpc) is 2.18. The topological polar surface area (TPSA) is 38.7 Å². The predicted molar refractivity (Wildman–Crippen MR) is 57.7 cm³/mol. The number of hydrogen-bond acceptors (Lipinski definition) is 3. The molecule has 0 radical (unpaired) electrons. The van der Waals surface area contributed by atoms with E-state index in [1.165, 1.54) is 5.56 Å². The molecule has 0 saturated heterocycles. The van der Waals surface area contributed by atoms with E-state index in [-0.39, 0.29) is 0 Å². The molecule has 4 heteroatoms. The number of hydrogen-bond donors (Lipinski definition) is 0. The minimum absolute atomic E-state index is 0.511. The summed E-state index contributed by atoms with van der Waals surface area (Å²) in [6.07, 6.45) is 1.65. The normalized spacial score (nSPS) is 10.1. The molecule has 0 aliphatic rings. The minimum Gasteiger partial charge on any atom is -0.219 e. The molecule has 0 aliphatic carbocycles. The second kappa shape index (κ2) is 3.84. The molecule has 1 aromatic heterocycles. The van der Waals surface area contributed by atoms with E-state index < -0.39 is 0 Å². The lowest BCUT2D eigenvalue weighted by Gasteiger charge is -2.00. The van der Waals surface area contributed by atoms with Crippen LogP contribution in [0.3, 0.4) is 0 Å². The smallest absolute Gasteiger partial charge is 0.218 e. The maximum atomic E-state index is 4.23. The average molecular weight is 250 g/mol. The third-order valence-electron chi connectivity index (χ3n) is 1.85. The number of aryl methyl sites for hydroxylation is 1. The molecule has 0 aliphatic heterocycles. The summed E-state index contributed by atoms with van der Waals surface area (Å²) in [6, 6.07) is 8.12. The van der Waals surface area contributed by atoms with E-state index in [2.05, 4.69) is 37.2 Å². The summed E-state index contributed by atoms with van der Waals surface area (Å²) >= 11 is 3.19. The van der Waals surface area contributed by atoms with Crippen molar-refractivity contribution < 1.29 is 0 Å². The third-order valence-corrected chi connectivity index (χ3v) is 2.18. The Morgan fingerprint density at radius 2 is 2.14 bits per heavy atom. The number of nitrogens with zero attached hydrogens (tertiary/aromatic N) is 3. The van der Waals surface area contributed by atoms with Crippen LogP contribution in [-0.4, -0.2) is 15.2 Å². The van der Waals surface area contributed by atoms with Crippen LogP contribution >= 0.6 is 15.9 Å². The molecule has 0 amide bonds. The molecule has 0 fully saturated rings. The van der Waals surface area contributed by atoms with Gasteiger partial charge in [-0.05, 0) is 28.9 Å². The van der Waals surface area contributed by atoms with Gasteiger partial charge in [0.15, 0.2) is 0 Å². The van der Waals surface area contributed by atoms with Gasteiger partial charge >= 0.3 is 0 Å². The summed E-state index contributed by atoms with van der Waals surface area (Å²) in [5, 5.41) is 7.57. The largest absolute Gasteiger partial charge is 0.219 e. The fourth-order valence-corrected chi connectivity index (χ4v) is 1.51. The highest BCUT2D eigenvalue weighted by Gasteiger charge is 2.00. The molecule has 1 heterocycles. The van der Waals surface area contributed by atoms with Gasteiger partial charge in [-0.3, -0.25) is 0 Å². The molecule has 2 aromatic rings. The maximum absolute atomic E-state index is 4.23. The summed E-state index contributed by atoms with van der Waals surface area (Å²) in [5.74, 6) is 0. The van der Waals surface area contributed by atoms with Gasteiger partial charge in [-0.15, -0.1) is 5.10 Å². The van der Waals surface area contributed by atoms with Crippen LogP contribution in [-0.2, 0) is 0 Å². The molecular weight excluding hydrogens is 242 g/mol. The second-order valence-electron chi connectivity index (χ2n) is 2.98. The fourth-order valence-electron chi connectivity index (χ4n) is 1.23. The summed E-state index contributed by atoms with van der Waals surface area (Å²) in [4.78, 5) is 4.23. The second-order valence-corrected chi connectivity index (χ2v) is 3.69. The highest BCUT2D eigenvalue weighted by molar-refractivity contribution is 9.10. The first kappa shape index (κ1) is 9.27. The highest BCUT2D eigenvalue weighted by Crippen LogP contribution is 2.17. The van der Waals surface area contributed by atoms with Gasteiger partial charge in [0, 0.05) is 5.56 Å².